The Morgan fingerprint density at radius 3 is 2.50 bits per heavy atom. The highest BCUT2D eigenvalue weighted by Gasteiger charge is 2.10. The van der Waals surface area contributed by atoms with E-state index >= 15 is 0 Å². The van der Waals surface area contributed by atoms with Gasteiger partial charge in [0.05, 0.1) is 17.7 Å². The number of ether oxygens (including phenoxy) is 1. The highest BCUT2D eigenvalue weighted by atomic mass is 16.5. The van der Waals surface area contributed by atoms with E-state index in [9.17, 15) is 9.59 Å². The second-order valence-electron chi connectivity index (χ2n) is 6.97. The minimum absolute atomic E-state index is 0.0928. The molecule has 2 aromatic carbocycles. The summed E-state index contributed by atoms with van der Waals surface area (Å²) in [7, 11) is 1.59. The van der Waals surface area contributed by atoms with E-state index in [4.69, 9.17) is 9.26 Å². The van der Waals surface area contributed by atoms with Crippen LogP contribution in [0.15, 0.2) is 53.1 Å². The van der Waals surface area contributed by atoms with Crippen molar-refractivity contribution in [3.63, 3.8) is 0 Å². The monoisotopic (exact) mass is 407 g/mol. The first kappa shape index (κ1) is 21.1. The van der Waals surface area contributed by atoms with Crippen LogP contribution in [0.4, 0.5) is 0 Å². The van der Waals surface area contributed by atoms with Gasteiger partial charge < -0.3 is 19.9 Å². The second kappa shape index (κ2) is 9.73. The summed E-state index contributed by atoms with van der Waals surface area (Å²) in [4.78, 5) is 24.0. The van der Waals surface area contributed by atoms with Crippen LogP contribution in [0.1, 0.15) is 38.5 Å². The Kier molecular flexibility index (Phi) is 6.85. The van der Waals surface area contributed by atoms with Gasteiger partial charge in [-0.2, -0.15) is 0 Å². The van der Waals surface area contributed by atoms with Crippen LogP contribution in [0.25, 0.3) is 0 Å². The van der Waals surface area contributed by atoms with Gasteiger partial charge in [0.2, 0.25) is 5.91 Å². The largest absolute Gasteiger partial charge is 0.489 e. The molecule has 7 nitrogen and oxygen atoms in total. The van der Waals surface area contributed by atoms with Crippen LogP contribution in [-0.4, -0.2) is 24.0 Å². The van der Waals surface area contributed by atoms with Crippen molar-refractivity contribution in [1.82, 2.24) is 15.8 Å². The van der Waals surface area contributed by atoms with Gasteiger partial charge in [0.15, 0.2) is 0 Å². The van der Waals surface area contributed by atoms with E-state index in [2.05, 4.69) is 15.8 Å². The molecule has 30 heavy (non-hydrogen) atoms. The van der Waals surface area contributed by atoms with Crippen molar-refractivity contribution >= 4 is 11.8 Å². The van der Waals surface area contributed by atoms with E-state index in [1.54, 1.807) is 25.2 Å². The number of rotatable bonds is 8. The Hall–Kier alpha value is -3.61. The summed E-state index contributed by atoms with van der Waals surface area (Å²) in [5.74, 6) is 1.22. The van der Waals surface area contributed by atoms with Gasteiger partial charge in [-0.1, -0.05) is 29.4 Å². The van der Waals surface area contributed by atoms with Crippen LogP contribution in [0.2, 0.25) is 0 Å². The van der Waals surface area contributed by atoms with Crippen molar-refractivity contribution in [2.24, 2.45) is 0 Å². The maximum Gasteiger partial charge on any atom is 0.251 e. The van der Waals surface area contributed by atoms with Gasteiger partial charge in [0, 0.05) is 19.2 Å². The summed E-state index contributed by atoms with van der Waals surface area (Å²) in [5, 5.41) is 9.38. The predicted molar refractivity (Wildman–Crippen MR) is 112 cm³/mol. The number of benzene rings is 2. The maximum absolute atomic E-state index is 12.3. The summed E-state index contributed by atoms with van der Waals surface area (Å²) < 4.78 is 10.9. The fourth-order valence-corrected chi connectivity index (χ4v) is 2.98. The molecule has 156 valence electrons. The Balaban J connectivity index is 1.49. The number of aryl methyl sites for hydroxylation is 2. The van der Waals surface area contributed by atoms with Gasteiger partial charge in [-0.05, 0) is 49.2 Å². The number of nitrogens with zero attached hydrogens (tertiary/aromatic N) is 1. The number of carbonyl (C=O) groups is 2. The zero-order chi connectivity index (χ0) is 21.5. The minimum Gasteiger partial charge on any atom is -0.489 e. The first-order chi connectivity index (χ1) is 14.5. The molecule has 0 aliphatic carbocycles. The topological polar surface area (TPSA) is 93.5 Å². The average Bonchev–Trinajstić information content (AvgIpc) is 3.08. The van der Waals surface area contributed by atoms with Gasteiger partial charge in [-0.25, -0.2) is 0 Å². The summed E-state index contributed by atoms with van der Waals surface area (Å²) in [6.07, 6.45) is 0.263. The molecule has 0 aliphatic heterocycles. The Labute approximate surface area is 175 Å². The number of nitrogens with one attached hydrogen (secondary N) is 2. The molecule has 1 aromatic heterocycles. The lowest BCUT2D eigenvalue weighted by Crippen LogP contribution is -2.25. The van der Waals surface area contributed by atoms with E-state index in [0.717, 1.165) is 28.1 Å². The summed E-state index contributed by atoms with van der Waals surface area (Å²) >= 11 is 0. The van der Waals surface area contributed by atoms with E-state index in [1.165, 1.54) is 0 Å². The normalized spacial score (nSPS) is 10.5. The van der Waals surface area contributed by atoms with Crippen molar-refractivity contribution in [2.75, 3.05) is 7.05 Å². The molecule has 0 bridgehead atoms. The minimum atomic E-state index is -0.153. The van der Waals surface area contributed by atoms with Gasteiger partial charge >= 0.3 is 0 Å². The number of hydrogen-bond donors (Lipinski definition) is 2. The molecule has 3 rings (SSSR count). The smallest absolute Gasteiger partial charge is 0.251 e. The van der Waals surface area contributed by atoms with Crippen LogP contribution in [-0.2, 0) is 24.4 Å². The van der Waals surface area contributed by atoms with Crippen LogP contribution >= 0.6 is 0 Å². The summed E-state index contributed by atoms with van der Waals surface area (Å²) in [6.45, 7) is 4.49. The number of amides is 2. The van der Waals surface area contributed by atoms with Crippen LogP contribution < -0.4 is 15.4 Å². The van der Waals surface area contributed by atoms with Crippen LogP contribution in [0, 0.1) is 13.8 Å². The molecule has 0 aliphatic rings. The Bertz CT molecular complexity index is 1010. The lowest BCUT2D eigenvalue weighted by Gasteiger charge is -2.09. The molecule has 0 atom stereocenters. The maximum atomic E-state index is 12.3. The van der Waals surface area contributed by atoms with Crippen molar-refractivity contribution in [2.45, 2.75) is 33.4 Å². The number of carbonyl (C=O) groups excluding carboxylic acids is 2. The van der Waals surface area contributed by atoms with E-state index in [0.29, 0.717) is 24.5 Å². The fraction of sp³-hybridized carbons (Fsp3) is 0.261. The third-order valence-electron chi connectivity index (χ3n) is 4.76. The third kappa shape index (κ3) is 5.47. The summed E-state index contributed by atoms with van der Waals surface area (Å²) in [5.41, 5.74) is 4.08. The molecule has 0 spiro atoms. The highest BCUT2D eigenvalue weighted by molar-refractivity contribution is 5.94. The van der Waals surface area contributed by atoms with Gasteiger partial charge in [-0.3, -0.25) is 9.59 Å². The van der Waals surface area contributed by atoms with E-state index in [1.807, 2.05) is 44.2 Å². The standard InChI is InChI=1S/C23H25N3O4/c1-15-21(16(2)30-26-15)14-29-20-9-7-17(8-10-20)12-22(27)25-13-18-5-4-6-19(11-18)23(28)24-3/h4-11H,12-14H2,1-3H3,(H,24,28)(H,25,27). The zero-order valence-electron chi connectivity index (χ0n) is 17.3. The molecule has 2 amide bonds. The van der Waals surface area contributed by atoms with Gasteiger partial charge in [0.25, 0.3) is 5.91 Å². The van der Waals surface area contributed by atoms with Crippen molar-refractivity contribution in [3.05, 3.63) is 82.2 Å². The molecule has 0 saturated carbocycles. The second-order valence-corrected chi connectivity index (χ2v) is 6.97. The van der Waals surface area contributed by atoms with Crippen LogP contribution in [0.5, 0.6) is 5.75 Å². The zero-order valence-corrected chi connectivity index (χ0v) is 17.3. The molecule has 0 radical (unpaired) electrons. The fourth-order valence-electron chi connectivity index (χ4n) is 2.98. The molecular formula is C23H25N3O4. The Morgan fingerprint density at radius 1 is 1.07 bits per heavy atom. The number of aromatic nitrogens is 1. The first-order valence-corrected chi connectivity index (χ1v) is 9.67. The van der Waals surface area contributed by atoms with E-state index in [-0.39, 0.29) is 18.2 Å². The Morgan fingerprint density at radius 2 is 1.83 bits per heavy atom. The van der Waals surface area contributed by atoms with Gasteiger partial charge in [-0.15, -0.1) is 0 Å². The lowest BCUT2D eigenvalue weighted by molar-refractivity contribution is -0.120. The van der Waals surface area contributed by atoms with Crippen LogP contribution in [0.3, 0.4) is 0 Å². The molecule has 0 fully saturated rings. The first-order valence-electron chi connectivity index (χ1n) is 9.67. The van der Waals surface area contributed by atoms with Crippen molar-refractivity contribution in [1.29, 1.82) is 0 Å². The summed E-state index contributed by atoms with van der Waals surface area (Å²) in [6, 6.07) is 14.6. The lowest BCUT2D eigenvalue weighted by atomic mass is 10.1. The molecular weight excluding hydrogens is 382 g/mol. The molecule has 2 N–H and O–H groups in total. The highest BCUT2D eigenvalue weighted by Crippen LogP contribution is 2.18. The predicted octanol–water partition coefficient (Wildman–Crippen LogP) is 3.09. The number of hydrogen-bond acceptors (Lipinski definition) is 5. The molecule has 0 unspecified atom stereocenters. The SMILES string of the molecule is CNC(=O)c1cccc(CNC(=O)Cc2ccc(OCc3c(C)noc3C)cc2)c1. The molecule has 3 aromatic rings. The van der Waals surface area contributed by atoms with Crippen molar-refractivity contribution < 1.29 is 18.8 Å². The van der Waals surface area contributed by atoms with E-state index < -0.39 is 0 Å². The third-order valence-corrected chi connectivity index (χ3v) is 4.76. The molecule has 0 saturated heterocycles. The van der Waals surface area contributed by atoms with Crippen molar-refractivity contribution in [3.8, 4) is 5.75 Å². The van der Waals surface area contributed by atoms with Gasteiger partial charge in [0.1, 0.15) is 18.1 Å². The molecule has 7 heteroatoms. The molecule has 1 heterocycles. The average molecular weight is 407 g/mol. The quantitative estimate of drug-likeness (QED) is 0.599.